The second-order valence-electron chi connectivity index (χ2n) is 2.60. The Hall–Kier alpha value is -1.64. The highest BCUT2D eigenvalue weighted by Crippen LogP contribution is 1.99. The summed E-state index contributed by atoms with van der Waals surface area (Å²) in [5, 5.41) is 3.49. The van der Waals surface area contributed by atoms with Gasteiger partial charge < -0.3 is 4.84 Å². The van der Waals surface area contributed by atoms with Crippen molar-refractivity contribution in [2.24, 2.45) is 5.16 Å². The molecule has 0 saturated carbocycles. The van der Waals surface area contributed by atoms with Gasteiger partial charge in [-0.15, -0.1) is 0 Å². The summed E-state index contributed by atoms with van der Waals surface area (Å²) < 4.78 is 0. The van der Waals surface area contributed by atoms with Crippen molar-refractivity contribution in [1.29, 1.82) is 0 Å². The van der Waals surface area contributed by atoms with Crippen LogP contribution in [0.15, 0.2) is 35.5 Å². The van der Waals surface area contributed by atoms with Gasteiger partial charge in [0.25, 0.3) is 0 Å². The number of nitrogens with zero attached hydrogens (tertiary/aromatic N) is 1. The zero-order valence-electron chi connectivity index (χ0n) is 7.43. The van der Waals surface area contributed by atoms with E-state index in [1.165, 1.54) is 6.92 Å². The lowest BCUT2D eigenvalue weighted by Crippen LogP contribution is -1.92. The second-order valence-corrected chi connectivity index (χ2v) is 2.60. The fraction of sp³-hybridized carbons (Fsp3) is 0.200. The predicted octanol–water partition coefficient (Wildman–Crippen LogP) is 1.78. The molecule has 0 aromatic heterocycles. The molecule has 0 bridgehead atoms. The van der Waals surface area contributed by atoms with Gasteiger partial charge in [0.1, 0.15) is 12.8 Å². The van der Waals surface area contributed by atoms with E-state index in [1.807, 2.05) is 30.3 Å². The maximum atomic E-state index is 10.4. The number of carbonyl (C=O) groups is 1. The minimum atomic E-state index is -0.118. The first kappa shape index (κ1) is 9.45. The molecule has 3 nitrogen and oxygen atoms in total. The van der Waals surface area contributed by atoms with Gasteiger partial charge in [-0.1, -0.05) is 35.5 Å². The van der Waals surface area contributed by atoms with E-state index in [1.54, 1.807) is 0 Å². The minimum Gasteiger partial charge on any atom is -0.391 e. The summed E-state index contributed by atoms with van der Waals surface area (Å²) in [6, 6.07) is 9.65. The van der Waals surface area contributed by atoms with E-state index in [-0.39, 0.29) is 5.78 Å². The fourth-order valence-electron chi connectivity index (χ4n) is 0.798. The minimum absolute atomic E-state index is 0.118. The van der Waals surface area contributed by atoms with Crippen molar-refractivity contribution in [1.82, 2.24) is 0 Å². The molecule has 0 radical (unpaired) electrons. The van der Waals surface area contributed by atoms with Crippen molar-refractivity contribution >= 4 is 12.0 Å². The lowest BCUT2D eigenvalue weighted by atomic mass is 10.2. The highest BCUT2D eigenvalue weighted by Gasteiger charge is 1.89. The van der Waals surface area contributed by atoms with Gasteiger partial charge in [0, 0.05) is 6.92 Å². The summed E-state index contributed by atoms with van der Waals surface area (Å²) in [5.41, 5.74) is 1.03. The molecule has 0 atom stereocenters. The summed E-state index contributed by atoms with van der Waals surface area (Å²) in [5.74, 6) is -0.118. The van der Waals surface area contributed by atoms with Crippen molar-refractivity contribution in [2.75, 3.05) is 0 Å². The smallest absolute Gasteiger partial charge is 0.174 e. The maximum absolute atomic E-state index is 10.4. The Morgan fingerprint density at radius 3 is 2.77 bits per heavy atom. The van der Waals surface area contributed by atoms with Crippen LogP contribution in [0.25, 0.3) is 0 Å². The summed E-state index contributed by atoms with van der Waals surface area (Å²) in [6.07, 6.45) is 1.16. The predicted molar refractivity (Wildman–Crippen MR) is 50.4 cm³/mol. The molecule has 0 N–H and O–H groups in total. The number of rotatable bonds is 4. The van der Waals surface area contributed by atoms with Crippen molar-refractivity contribution < 1.29 is 9.63 Å². The van der Waals surface area contributed by atoms with Gasteiger partial charge in [0.05, 0.1) is 0 Å². The molecule has 0 spiro atoms. The zero-order valence-corrected chi connectivity index (χ0v) is 7.43. The fourth-order valence-corrected chi connectivity index (χ4v) is 0.798. The van der Waals surface area contributed by atoms with Crippen LogP contribution in [0.4, 0.5) is 0 Å². The Kier molecular flexibility index (Phi) is 3.70. The van der Waals surface area contributed by atoms with Crippen LogP contribution in [0.5, 0.6) is 0 Å². The summed E-state index contributed by atoms with van der Waals surface area (Å²) in [4.78, 5) is 15.3. The monoisotopic (exact) mass is 177 g/mol. The zero-order chi connectivity index (χ0) is 9.52. The van der Waals surface area contributed by atoms with Gasteiger partial charge in [-0.25, -0.2) is 0 Å². The van der Waals surface area contributed by atoms with Gasteiger partial charge in [-0.3, -0.25) is 4.79 Å². The van der Waals surface area contributed by atoms with Crippen molar-refractivity contribution in [2.45, 2.75) is 13.5 Å². The first-order valence-corrected chi connectivity index (χ1v) is 3.99. The Labute approximate surface area is 77.0 Å². The van der Waals surface area contributed by atoms with Gasteiger partial charge in [-0.05, 0) is 5.56 Å². The molecule has 68 valence electrons. The molecule has 0 aliphatic heterocycles. The van der Waals surface area contributed by atoms with Crippen LogP contribution in [-0.4, -0.2) is 12.0 Å². The quantitative estimate of drug-likeness (QED) is 0.519. The third-order valence-corrected chi connectivity index (χ3v) is 1.38. The molecule has 1 rings (SSSR count). The molecule has 0 fully saturated rings. The van der Waals surface area contributed by atoms with Crippen LogP contribution in [0.1, 0.15) is 12.5 Å². The number of carbonyl (C=O) groups excluding carboxylic acids is 1. The molecule has 0 amide bonds. The molecule has 0 unspecified atom stereocenters. The van der Waals surface area contributed by atoms with Crippen LogP contribution < -0.4 is 0 Å². The van der Waals surface area contributed by atoms with E-state index in [0.29, 0.717) is 6.61 Å². The van der Waals surface area contributed by atoms with E-state index in [4.69, 9.17) is 4.84 Å². The van der Waals surface area contributed by atoms with Gasteiger partial charge >= 0.3 is 0 Å². The van der Waals surface area contributed by atoms with E-state index in [0.717, 1.165) is 11.8 Å². The number of Topliss-reactive ketones (excluding diaryl/α,β-unsaturated/α-hetero) is 1. The number of benzene rings is 1. The maximum Gasteiger partial charge on any atom is 0.174 e. The molecule has 0 heterocycles. The lowest BCUT2D eigenvalue weighted by molar-refractivity contribution is -0.110. The Morgan fingerprint density at radius 1 is 1.46 bits per heavy atom. The van der Waals surface area contributed by atoms with Crippen LogP contribution in [-0.2, 0) is 16.2 Å². The van der Waals surface area contributed by atoms with Gasteiger partial charge in [-0.2, -0.15) is 0 Å². The van der Waals surface area contributed by atoms with Crippen LogP contribution in [0.3, 0.4) is 0 Å². The Bertz CT molecular complexity index is 293. The average molecular weight is 177 g/mol. The van der Waals surface area contributed by atoms with Gasteiger partial charge in [0.2, 0.25) is 0 Å². The first-order chi connectivity index (χ1) is 6.29. The topological polar surface area (TPSA) is 38.7 Å². The summed E-state index contributed by atoms with van der Waals surface area (Å²) in [7, 11) is 0. The number of oxime groups is 1. The third kappa shape index (κ3) is 4.06. The highest BCUT2D eigenvalue weighted by molar-refractivity contribution is 6.26. The molecule has 1 aromatic carbocycles. The van der Waals surface area contributed by atoms with E-state index in [9.17, 15) is 4.79 Å². The lowest BCUT2D eigenvalue weighted by Gasteiger charge is -1.97. The largest absolute Gasteiger partial charge is 0.391 e. The SMILES string of the molecule is CC(=O)/C=N/OCc1ccccc1. The third-order valence-electron chi connectivity index (χ3n) is 1.38. The summed E-state index contributed by atoms with van der Waals surface area (Å²) in [6.45, 7) is 1.82. The molecule has 0 aliphatic carbocycles. The van der Waals surface area contributed by atoms with E-state index >= 15 is 0 Å². The number of hydrogen-bond acceptors (Lipinski definition) is 3. The molecule has 1 aromatic rings. The normalized spacial score (nSPS) is 10.2. The molecule has 0 aliphatic rings. The number of hydrogen-bond donors (Lipinski definition) is 0. The summed E-state index contributed by atoms with van der Waals surface area (Å²) >= 11 is 0. The Balaban J connectivity index is 2.32. The Morgan fingerprint density at radius 2 is 2.15 bits per heavy atom. The first-order valence-electron chi connectivity index (χ1n) is 3.99. The van der Waals surface area contributed by atoms with Crippen LogP contribution >= 0.6 is 0 Å². The van der Waals surface area contributed by atoms with Crippen molar-refractivity contribution in [3.63, 3.8) is 0 Å². The highest BCUT2D eigenvalue weighted by atomic mass is 16.6. The molecule has 3 heteroatoms. The van der Waals surface area contributed by atoms with E-state index in [2.05, 4.69) is 5.16 Å². The molecule has 13 heavy (non-hydrogen) atoms. The van der Waals surface area contributed by atoms with E-state index < -0.39 is 0 Å². The molecular formula is C10H11NO2. The van der Waals surface area contributed by atoms with Crippen LogP contribution in [0.2, 0.25) is 0 Å². The van der Waals surface area contributed by atoms with Gasteiger partial charge in [0.15, 0.2) is 5.78 Å². The van der Waals surface area contributed by atoms with Crippen LogP contribution in [0, 0.1) is 0 Å². The average Bonchev–Trinajstić information content (AvgIpc) is 2.14. The van der Waals surface area contributed by atoms with Crippen molar-refractivity contribution in [3.05, 3.63) is 35.9 Å². The standard InChI is InChI=1S/C10H11NO2/c1-9(12)7-11-13-8-10-5-3-2-4-6-10/h2-7H,8H2,1H3/b11-7+. The molecule has 0 saturated heterocycles. The molecular weight excluding hydrogens is 166 g/mol. The number of ketones is 1. The second kappa shape index (κ2) is 5.09. The van der Waals surface area contributed by atoms with Crippen molar-refractivity contribution in [3.8, 4) is 0 Å².